The normalized spacial score (nSPS) is 14.5. The number of anilines is 3. The van der Waals surface area contributed by atoms with E-state index < -0.39 is 0 Å². The number of rotatable bonds is 2. The summed E-state index contributed by atoms with van der Waals surface area (Å²) in [5.41, 5.74) is 2.28. The predicted molar refractivity (Wildman–Crippen MR) is 70.8 cm³/mol. The Kier molecular flexibility index (Phi) is 2.55. The van der Waals surface area contributed by atoms with Crippen LogP contribution in [0.2, 0.25) is 0 Å². The van der Waals surface area contributed by atoms with E-state index in [1.165, 1.54) is 5.69 Å². The van der Waals surface area contributed by atoms with Gasteiger partial charge in [0.25, 0.3) is 0 Å². The van der Waals surface area contributed by atoms with Crippen LogP contribution < -0.4 is 9.80 Å². The highest BCUT2D eigenvalue weighted by molar-refractivity contribution is 5.79. The molecule has 0 fully saturated rings. The van der Waals surface area contributed by atoms with Crippen LogP contribution in [0.5, 0.6) is 0 Å². The van der Waals surface area contributed by atoms with Crippen molar-refractivity contribution in [1.29, 1.82) is 0 Å². The fourth-order valence-corrected chi connectivity index (χ4v) is 2.29. The molecule has 1 aromatic carbocycles. The zero-order valence-electron chi connectivity index (χ0n) is 10.2. The van der Waals surface area contributed by atoms with Gasteiger partial charge in [0.05, 0.1) is 11.4 Å². The number of aldehydes is 1. The van der Waals surface area contributed by atoms with E-state index in [0.29, 0.717) is 5.76 Å². The maximum atomic E-state index is 10.7. The summed E-state index contributed by atoms with van der Waals surface area (Å²) in [6, 6.07) is 11.7. The van der Waals surface area contributed by atoms with Gasteiger partial charge in [0.2, 0.25) is 5.88 Å². The first kappa shape index (κ1) is 10.9. The number of hydrogen-bond acceptors (Lipinski definition) is 4. The predicted octanol–water partition coefficient (Wildman–Crippen LogP) is 2.68. The second-order valence-corrected chi connectivity index (χ2v) is 4.36. The number of carbonyl (C=O) groups is 1. The lowest BCUT2D eigenvalue weighted by Crippen LogP contribution is -2.36. The van der Waals surface area contributed by atoms with Gasteiger partial charge in [-0.05, 0) is 18.2 Å². The lowest BCUT2D eigenvalue weighted by atomic mass is 10.2. The molecule has 4 nitrogen and oxygen atoms in total. The Hall–Kier alpha value is -2.23. The topological polar surface area (TPSA) is 36.7 Å². The quantitative estimate of drug-likeness (QED) is 0.759. The van der Waals surface area contributed by atoms with Crippen molar-refractivity contribution in [2.75, 3.05) is 29.9 Å². The molecule has 1 aliphatic heterocycles. The van der Waals surface area contributed by atoms with Gasteiger partial charge in [0.1, 0.15) is 0 Å². The molecule has 0 aliphatic carbocycles. The van der Waals surface area contributed by atoms with E-state index in [4.69, 9.17) is 4.42 Å². The number of hydrogen-bond donors (Lipinski definition) is 0. The molecule has 0 amide bonds. The number of fused-ring (bicyclic) bond motifs is 1. The molecule has 0 unspecified atom stereocenters. The maximum Gasteiger partial charge on any atom is 0.200 e. The summed E-state index contributed by atoms with van der Waals surface area (Å²) >= 11 is 0. The summed E-state index contributed by atoms with van der Waals surface area (Å²) in [6.45, 7) is 1.77. The van der Waals surface area contributed by atoms with E-state index in [9.17, 15) is 4.79 Å². The first-order chi connectivity index (χ1) is 8.79. The van der Waals surface area contributed by atoms with Crippen molar-refractivity contribution >= 4 is 23.5 Å². The second-order valence-electron chi connectivity index (χ2n) is 4.36. The fraction of sp³-hybridized carbons (Fsp3) is 0.214. The number of likely N-dealkylation sites (N-methyl/N-ethyl adjacent to an activating group) is 1. The lowest BCUT2D eigenvalue weighted by molar-refractivity contribution is 0.110. The standard InChI is InChI=1S/C14H14N2O2/c1-15-8-9-16(13-5-3-2-4-12(13)15)14-7-6-11(10-17)18-14/h2-7,10H,8-9H2,1H3. The highest BCUT2D eigenvalue weighted by atomic mass is 16.4. The Balaban J connectivity index is 2.04. The van der Waals surface area contributed by atoms with Crippen LogP contribution in [0.1, 0.15) is 10.6 Å². The van der Waals surface area contributed by atoms with Gasteiger partial charge >= 0.3 is 0 Å². The van der Waals surface area contributed by atoms with Crippen LogP contribution in [-0.4, -0.2) is 26.4 Å². The number of nitrogens with zero attached hydrogens (tertiary/aromatic N) is 2. The molecule has 0 atom stereocenters. The van der Waals surface area contributed by atoms with E-state index in [0.717, 1.165) is 30.9 Å². The average Bonchev–Trinajstić information content (AvgIpc) is 2.88. The van der Waals surface area contributed by atoms with E-state index in [1.807, 2.05) is 18.2 Å². The molecule has 0 saturated carbocycles. The third kappa shape index (κ3) is 1.66. The van der Waals surface area contributed by atoms with E-state index in [2.05, 4.69) is 29.0 Å². The molecular formula is C14H14N2O2. The minimum Gasteiger partial charge on any atom is -0.437 e. The van der Waals surface area contributed by atoms with Crippen LogP contribution in [0, 0.1) is 0 Å². The van der Waals surface area contributed by atoms with E-state index in [-0.39, 0.29) is 0 Å². The van der Waals surface area contributed by atoms with Crippen LogP contribution in [0.25, 0.3) is 0 Å². The van der Waals surface area contributed by atoms with Crippen LogP contribution in [-0.2, 0) is 0 Å². The van der Waals surface area contributed by atoms with Crippen molar-refractivity contribution < 1.29 is 9.21 Å². The van der Waals surface area contributed by atoms with Crippen molar-refractivity contribution in [3.8, 4) is 0 Å². The molecule has 1 aromatic heterocycles. The van der Waals surface area contributed by atoms with Gasteiger partial charge in [-0.25, -0.2) is 0 Å². The summed E-state index contributed by atoms with van der Waals surface area (Å²) in [5.74, 6) is 1.08. The van der Waals surface area contributed by atoms with E-state index >= 15 is 0 Å². The third-order valence-corrected chi connectivity index (χ3v) is 3.24. The van der Waals surface area contributed by atoms with Crippen LogP contribution in [0.3, 0.4) is 0 Å². The van der Waals surface area contributed by atoms with Gasteiger partial charge in [-0.15, -0.1) is 0 Å². The lowest BCUT2D eigenvalue weighted by Gasteiger charge is -2.35. The first-order valence-electron chi connectivity index (χ1n) is 5.92. The third-order valence-electron chi connectivity index (χ3n) is 3.24. The molecule has 0 radical (unpaired) electrons. The molecule has 3 rings (SSSR count). The molecule has 0 saturated heterocycles. The highest BCUT2D eigenvalue weighted by Gasteiger charge is 2.22. The van der Waals surface area contributed by atoms with E-state index in [1.54, 1.807) is 6.07 Å². The zero-order chi connectivity index (χ0) is 12.5. The van der Waals surface area contributed by atoms with Crippen molar-refractivity contribution in [1.82, 2.24) is 0 Å². The number of para-hydroxylation sites is 2. The number of carbonyl (C=O) groups excluding carboxylic acids is 1. The van der Waals surface area contributed by atoms with Gasteiger partial charge in [0.15, 0.2) is 12.0 Å². The van der Waals surface area contributed by atoms with Gasteiger partial charge < -0.3 is 14.2 Å². The van der Waals surface area contributed by atoms with Crippen molar-refractivity contribution in [2.45, 2.75) is 0 Å². The van der Waals surface area contributed by atoms with Crippen LogP contribution >= 0.6 is 0 Å². The van der Waals surface area contributed by atoms with Crippen LogP contribution in [0.15, 0.2) is 40.8 Å². The Labute approximate surface area is 105 Å². The van der Waals surface area contributed by atoms with Crippen molar-refractivity contribution in [3.05, 3.63) is 42.2 Å². The summed E-state index contributed by atoms with van der Waals surface area (Å²) in [6.07, 6.45) is 0.728. The first-order valence-corrected chi connectivity index (χ1v) is 5.92. The molecule has 1 aliphatic rings. The van der Waals surface area contributed by atoms with Crippen LogP contribution in [0.4, 0.5) is 17.3 Å². The molecule has 0 N–H and O–H groups in total. The Morgan fingerprint density at radius 3 is 2.61 bits per heavy atom. The summed E-state index contributed by atoms with van der Waals surface area (Å²) in [7, 11) is 2.08. The highest BCUT2D eigenvalue weighted by Crippen LogP contribution is 2.37. The fourth-order valence-electron chi connectivity index (χ4n) is 2.29. The minimum atomic E-state index is 0.362. The monoisotopic (exact) mass is 242 g/mol. The van der Waals surface area contributed by atoms with Crippen molar-refractivity contribution in [3.63, 3.8) is 0 Å². The Morgan fingerprint density at radius 1 is 1.11 bits per heavy atom. The second kappa shape index (κ2) is 4.22. The molecule has 0 spiro atoms. The molecule has 0 bridgehead atoms. The number of furan rings is 1. The minimum absolute atomic E-state index is 0.362. The Morgan fingerprint density at radius 2 is 1.89 bits per heavy atom. The molecule has 2 aromatic rings. The molecular weight excluding hydrogens is 228 g/mol. The van der Waals surface area contributed by atoms with Gasteiger partial charge in [-0.1, -0.05) is 12.1 Å². The van der Waals surface area contributed by atoms with Gasteiger partial charge in [0, 0.05) is 26.2 Å². The zero-order valence-corrected chi connectivity index (χ0v) is 10.2. The van der Waals surface area contributed by atoms with Gasteiger partial charge in [-0.2, -0.15) is 0 Å². The molecule has 4 heteroatoms. The smallest absolute Gasteiger partial charge is 0.200 e. The maximum absolute atomic E-state index is 10.7. The summed E-state index contributed by atoms with van der Waals surface area (Å²) in [4.78, 5) is 15.0. The SMILES string of the molecule is CN1CCN(c2ccc(C=O)o2)c2ccccc21. The van der Waals surface area contributed by atoms with Crippen molar-refractivity contribution in [2.24, 2.45) is 0 Å². The summed E-state index contributed by atoms with van der Waals surface area (Å²) in [5, 5.41) is 0. The van der Waals surface area contributed by atoms with Gasteiger partial charge in [-0.3, -0.25) is 4.79 Å². The average molecular weight is 242 g/mol. The molecule has 92 valence electrons. The number of benzene rings is 1. The largest absolute Gasteiger partial charge is 0.437 e. The Bertz CT molecular complexity index is 577. The molecule has 18 heavy (non-hydrogen) atoms. The molecule has 2 heterocycles. The summed E-state index contributed by atoms with van der Waals surface area (Å²) < 4.78 is 5.50.